The number of carbonyl (C=O) groups is 1. The van der Waals surface area contributed by atoms with Gasteiger partial charge in [0.25, 0.3) is 0 Å². The van der Waals surface area contributed by atoms with Crippen molar-refractivity contribution in [1.82, 2.24) is 9.97 Å². The predicted octanol–water partition coefficient (Wildman–Crippen LogP) is 5.71. The van der Waals surface area contributed by atoms with Gasteiger partial charge in [-0.15, -0.1) is 0 Å². The second kappa shape index (κ2) is 9.20. The number of hydrogen-bond donors (Lipinski definition) is 1. The van der Waals surface area contributed by atoms with Crippen LogP contribution >= 0.6 is 27.7 Å². The van der Waals surface area contributed by atoms with Gasteiger partial charge < -0.3 is 5.32 Å². The van der Waals surface area contributed by atoms with Gasteiger partial charge in [0, 0.05) is 16.6 Å². The number of thioether (sulfide) groups is 1. The van der Waals surface area contributed by atoms with Gasteiger partial charge in [-0.05, 0) is 42.0 Å². The molecule has 0 aliphatic heterocycles. The van der Waals surface area contributed by atoms with E-state index >= 15 is 0 Å². The van der Waals surface area contributed by atoms with Crippen LogP contribution in [0.5, 0.6) is 0 Å². The molecule has 4 nitrogen and oxygen atoms in total. The molecular weight excluding hydrogens is 446 g/mol. The molecule has 6 heteroatoms. The van der Waals surface area contributed by atoms with Crippen LogP contribution < -0.4 is 5.32 Å². The molecule has 4 rings (SSSR count). The van der Waals surface area contributed by atoms with E-state index in [-0.39, 0.29) is 11.7 Å². The van der Waals surface area contributed by atoms with E-state index in [1.807, 2.05) is 66.7 Å². The summed E-state index contributed by atoms with van der Waals surface area (Å²) in [5.41, 5.74) is 4.52. The number of carbonyl (C=O) groups excluding carboxylic acids is 1. The molecule has 0 saturated heterocycles. The molecule has 1 amide bonds. The van der Waals surface area contributed by atoms with Gasteiger partial charge in [-0.25, -0.2) is 9.97 Å². The summed E-state index contributed by atoms with van der Waals surface area (Å²) in [6, 6.07) is 25.5. The van der Waals surface area contributed by atoms with Gasteiger partial charge in [0.2, 0.25) is 5.91 Å². The monoisotopic (exact) mass is 463 g/mol. The summed E-state index contributed by atoms with van der Waals surface area (Å²) >= 11 is 4.81. The largest absolute Gasteiger partial charge is 0.325 e. The SMILES string of the molecule is O=C(CSc1nc2ccccc2nc1Cc1ccccc1)Nc1ccc(Br)cc1. The highest BCUT2D eigenvalue weighted by molar-refractivity contribution is 9.10. The van der Waals surface area contributed by atoms with Gasteiger partial charge in [-0.2, -0.15) is 0 Å². The molecule has 0 spiro atoms. The lowest BCUT2D eigenvalue weighted by Gasteiger charge is -2.10. The molecule has 0 unspecified atom stereocenters. The maximum Gasteiger partial charge on any atom is 0.234 e. The minimum atomic E-state index is -0.0713. The molecule has 0 aliphatic rings. The standard InChI is InChI=1S/C23H18BrN3OS/c24-17-10-12-18(13-11-17)25-22(28)15-29-23-21(14-16-6-2-1-3-7-16)26-19-8-4-5-9-20(19)27-23/h1-13H,14-15H2,(H,25,28). The quantitative estimate of drug-likeness (QED) is 0.371. The first-order valence-electron chi connectivity index (χ1n) is 9.15. The lowest BCUT2D eigenvalue weighted by molar-refractivity contribution is -0.113. The minimum absolute atomic E-state index is 0.0713. The molecule has 144 valence electrons. The summed E-state index contributed by atoms with van der Waals surface area (Å²) in [4.78, 5) is 22.0. The lowest BCUT2D eigenvalue weighted by atomic mass is 10.1. The Bertz CT molecular complexity index is 1130. The summed E-state index contributed by atoms with van der Waals surface area (Å²) in [5.74, 6) is 0.197. The Morgan fingerprint density at radius 1 is 0.862 bits per heavy atom. The Hall–Kier alpha value is -2.70. The van der Waals surface area contributed by atoms with Crippen LogP contribution in [-0.2, 0) is 11.2 Å². The van der Waals surface area contributed by atoms with Crippen LogP contribution in [0.4, 0.5) is 5.69 Å². The van der Waals surface area contributed by atoms with E-state index in [2.05, 4.69) is 33.4 Å². The fraction of sp³-hybridized carbons (Fsp3) is 0.0870. The molecule has 0 fully saturated rings. The van der Waals surface area contributed by atoms with Crippen LogP contribution in [0, 0.1) is 0 Å². The number of aromatic nitrogens is 2. The molecular formula is C23H18BrN3OS. The first-order chi connectivity index (χ1) is 14.2. The molecule has 0 bridgehead atoms. The Balaban J connectivity index is 1.53. The highest BCUT2D eigenvalue weighted by Crippen LogP contribution is 2.25. The molecule has 4 aromatic rings. The zero-order chi connectivity index (χ0) is 20.1. The van der Waals surface area contributed by atoms with Gasteiger partial charge in [-0.3, -0.25) is 4.79 Å². The lowest BCUT2D eigenvalue weighted by Crippen LogP contribution is -2.14. The van der Waals surface area contributed by atoms with Gasteiger partial charge in [0.15, 0.2) is 0 Å². The van der Waals surface area contributed by atoms with Crippen molar-refractivity contribution in [1.29, 1.82) is 0 Å². The number of rotatable bonds is 6. The average molecular weight is 464 g/mol. The van der Waals surface area contributed by atoms with Crippen molar-refractivity contribution in [2.45, 2.75) is 11.4 Å². The Morgan fingerprint density at radius 3 is 2.24 bits per heavy atom. The van der Waals surface area contributed by atoms with E-state index in [9.17, 15) is 4.79 Å². The third-order valence-corrected chi connectivity index (χ3v) is 5.82. The van der Waals surface area contributed by atoms with Crippen molar-refractivity contribution >= 4 is 50.3 Å². The molecule has 29 heavy (non-hydrogen) atoms. The smallest absolute Gasteiger partial charge is 0.234 e. The van der Waals surface area contributed by atoms with E-state index < -0.39 is 0 Å². The number of fused-ring (bicyclic) bond motifs is 1. The maximum atomic E-state index is 12.4. The van der Waals surface area contributed by atoms with Crippen LogP contribution in [0.15, 0.2) is 88.4 Å². The number of halogens is 1. The molecule has 3 aromatic carbocycles. The molecule has 0 radical (unpaired) electrons. The van der Waals surface area contributed by atoms with E-state index in [1.54, 1.807) is 0 Å². The average Bonchev–Trinajstić information content (AvgIpc) is 2.74. The van der Waals surface area contributed by atoms with Gasteiger partial charge >= 0.3 is 0 Å². The predicted molar refractivity (Wildman–Crippen MR) is 122 cm³/mol. The second-order valence-electron chi connectivity index (χ2n) is 6.47. The van der Waals surface area contributed by atoms with E-state index in [0.717, 1.165) is 31.9 Å². The van der Waals surface area contributed by atoms with Gasteiger partial charge in [-0.1, -0.05) is 70.2 Å². The van der Waals surface area contributed by atoms with Crippen molar-refractivity contribution in [2.75, 3.05) is 11.1 Å². The molecule has 1 aromatic heterocycles. The topological polar surface area (TPSA) is 54.9 Å². The number of nitrogens with zero attached hydrogens (tertiary/aromatic N) is 2. The Morgan fingerprint density at radius 2 is 1.52 bits per heavy atom. The zero-order valence-electron chi connectivity index (χ0n) is 15.5. The van der Waals surface area contributed by atoms with Crippen molar-refractivity contribution in [3.05, 3.63) is 94.6 Å². The first-order valence-corrected chi connectivity index (χ1v) is 10.9. The summed E-state index contributed by atoms with van der Waals surface area (Å²) in [7, 11) is 0. The normalized spacial score (nSPS) is 10.8. The van der Waals surface area contributed by atoms with Crippen LogP contribution in [0.3, 0.4) is 0 Å². The van der Waals surface area contributed by atoms with Crippen molar-refractivity contribution in [3.8, 4) is 0 Å². The number of hydrogen-bond acceptors (Lipinski definition) is 4. The number of nitrogens with one attached hydrogen (secondary N) is 1. The minimum Gasteiger partial charge on any atom is -0.325 e. The number of benzene rings is 3. The summed E-state index contributed by atoms with van der Waals surface area (Å²) < 4.78 is 0.974. The summed E-state index contributed by atoms with van der Waals surface area (Å²) in [6.07, 6.45) is 0.676. The number of amides is 1. The zero-order valence-corrected chi connectivity index (χ0v) is 17.9. The fourth-order valence-electron chi connectivity index (χ4n) is 2.90. The maximum absolute atomic E-state index is 12.4. The van der Waals surface area contributed by atoms with Crippen LogP contribution in [0.25, 0.3) is 11.0 Å². The van der Waals surface area contributed by atoms with E-state index in [1.165, 1.54) is 17.3 Å². The van der Waals surface area contributed by atoms with E-state index in [0.29, 0.717) is 6.42 Å². The van der Waals surface area contributed by atoms with Crippen molar-refractivity contribution in [3.63, 3.8) is 0 Å². The third-order valence-electron chi connectivity index (χ3n) is 4.29. The highest BCUT2D eigenvalue weighted by atomic mass is 79.9. The molecule has 0 saturated carbocycles. The summed E-state index contributed by atoms with van der Waals surface area (Å²) in [6.45, 7) is 0. The molecule has 1 N–H and O–H groups in total. The van der Waals surface area contributed by atoms with Crippen LogP contribution in [-0.4, -0.2) is 21.6 Å². The summed E-state index contributed by atoms with van der Waals surface area (Å²) in [5, 5.41) is 3.71. The van der Waals surface area contributed by atoms with Crippen molar-refractivity contribution in [2.24, 2.45) is 0 Å². The second-order valence-corrected chi connectivity index (χ2v) is 8.35. The van der Waals surface area contributed by atoms with Crippen LogP contribution in [0.2, 0.25) is 0 Å². The Labute approximate surface area is 181 Å². The molecule has 0 atom stereocenters. The molecule has 1 heterocycles. The highest BCUT2D eigenvalue weighted by Gasteiger charge is 2.13. The third kappa shape index (κ3) is 5.22. The van der Waals surface area contributed by atoms with Gasteiger partial charge in [0.05, 0.1) is 22.5 Å². The van der Waals surface area contributed by atoms with E-state index in [4.69, 9.17) is 9.97 Å². The Kier molecular flexibility index (Phi) is 6.22. The fourth-order valence-corrected chi connectivity index (χ4v) is 3.96. The number of anilines is 1. The first kappa shape index (κ1) is 19.6. The number of para-hydroxylation sites is 2. The molecule has 0 aliphatic carbocycles. The van der Waals surface area contributed by atoms with Gasteiger partial charge in [0.1, 0.15) is 5.03 Å². The van der Waals surface area contributed by atoms with Crippen LogP contribution in [0.1, 0.15) is 11.3 Å². The van der Waals surface area contributed by atoms with Crippen molar-refractivity contribution < 1.29 is 4.79 Å².